The fourth-order valence-corrected chi connectivity index (χ4v) is 3.64. The second-order valence-corrected chi connectivity index (χ2v) is 7.43. The Bertz CT molecular complexity index is 796. The molecule has 1 saturated heterocycles. The van der Waals surface area contributed by atoms with Crippen molar-refractivity contribution < 1.29 is 14.1 Å². The number of hydrogen-bond donors (Lipinski definition) is 1. The van der Waals surface area contributed by atoms with E-state index in [1.807, 2.05) is 17.0 Å². The number of carbonyl (C=O) groups excluding carboxylic acids is 2. The molecular weight excluding hydrogens is 370 g/mol. The van der Waals surface area contributed by atoms with Crippen molar-refractivity contribution in [2.75, 3.05) is 13.1 Å². The van der Waals surface area contributed by atoms with Gasteiger partial charge in [-0.15, -0.1) is 0 Å². The quantitative estimate of drug-likeness (QED) is 0.732. The third-order valence-electron chi connectivity index (χ3n) is 5.48. The van der Waals surface area contributed by atoms with Crippen LogP contribution in [0.3, 0.4) is 0 Å². The summed E-state index contributed by atoms with van der Waals surface area (Å²) in [6.45, 7) is 5.53. The first-order chi connectivity index (χ1) is 14.1. The molecule has 1 N–H and O–H groups in total. The van der Waals surface area contributed by atoms with Crippen LogP contribution in [0.2, 0.25) is 0 Å². The minimum absolute atomic E-state index is 0.0292. The second kappa shape index (κ2) is 10.1. The number of nitrogens with one attached hydrogen (secondary N) is 1. The van der Waals surface area contributed by atoms with Gasteiger partial charge in [0.25, 0.3) is 0 Å². The average Bonchev–Trinajstić information content (AvgIpc) is 3.23. The van der Waals surface area contributed by atoms with Gasteiger partial charge in [0.15, 0.2) is 0 Å². The third-order valence-corrected chi connectivity index (χ3v) is 5.48. The van der Waals surface area contributed by atoms with Crippen LogP contribution in [0.4, 0.5) is 0 Å². The Labute approximate surface area is 171 Å². The molecule has 8 nitrogen and oxygen atoms in total. The lowest BCUT2D eigenvalue weighted by Gasteiger charge is -2.34. The van der Waals surface area contributed by atoms with Crippen molar-refractivity contribution in [3.63, 3.8) is 0 Å². The first-order valence-electron chi connectivity index (χ1n) is 10.4. The van der Waals surface area contributed by atoms with E-state index in [2.05, 4.69) is 34.3 Å². The lowest BCUT2D eigenvalue weighted by atomic mass is 9.98. The molecule has 3 heterocycles. The largest absolute Gasteiger partial charge is 0.353 e. The first kappa shape index (κ1) is 21.0. The van der Waals surface area contributed by atoms with Gasteiger partial charge in [-0.2, -0.15) is 4.98 Å². The summed E-state index contributed by atoms with van der Waals surface area (Å²) >= 11 is 0. The standard InChI is InChI=1S/C21H29N5O3/c1-3-15(4-2)21(28)26-13-9-17(10-14-26)23-18(27)5-6-19-24-20(25-29-19)16-7-11-22-12-8-16/h7-8,11-12,15,17H,3-6,9-10,13-14H2,1-2H3,(H,23,27). The zero-order valence-electron chi connectivity index (χ0n) is 17.1. The monoisotopic (exact) mass is 399 g/mol. The van der Waals surface area contributed by atoms with Crippen LogP contribution >= 0.6 is 0 Å². The maximum atomic E-state index is 12.5. The van der Waals surface area contributed by atoms with Crippen LogP contribution in [0.5, 0.6) is 0 Å². The maximum absolute atomic E-state index is 12.5. The molecule has 29 heavy (non-hydrogen) atoms. The molecule has 0 aliphatic carbocycles. The first-order valence-corrected chi connectivity index (χ1v) is 10.4. The number of likely N-dealkylation sites (tertiary alicyclic amines) is 1. The van der Waals surface area contributed by atoms with Gasteiger partial charge in [0.1, 0.15) is 0 Å². The van der Waals surface area contributed by atoms with Gasteiger partial charge in [-0.25, -0.2) is 0 Å². The number of aromatic nitrogens is 3. The van der Waals surface area contributed by atoms with Crippen LogP contribution in [0.25, 0.3) is 11.4 Å². The van der Waals surface area contributed by atoms with Gasteiger partial charge in [0.05, 0.1) is 0 Å². The van der Waals surface area contributed by atoms with Crippen molar-refractivity contribution in [2.24, 2.45) is 5.92 Å². The fraction of sp³-hybridized carbons (Fsp3) is 0.571. The van der Waals surface area contributed by atoms with Crippen molar-refractivity contribution in [3.8, 4) is 11.4 Å². The number of amides is 2. The smallest absolute Gasteiger partial charge is 0.227 e. The van der Waals surface area contributed by atoms with Crippen LogP contribution in [-0.2, 0) is 16.0 Å². The van der Waals surface area contributed by atoms with Crippen molar-refractivity contribution in [1.82, 2.24) is 25.3 Å². The second-order valence-electron chi connectivity index (χ2n) is 7.43. The molecule has 2 aromatic heterocycles. The Hall–Kier alpha value is -2.77. The van der Waals surface area contributed by atoms with Crippen LogP contribution < -0.4 is 5.32 Å². The maximum Gasteiger partial charge on any atom is 0.227 e. The van der Waals surface area contributed by atoms with E-state index >= 15 is 0 Å². The number of hydrogen-bond acceptors (Lipinski definition) is 6. The summed E-state index contributed by atoms with van der Waals surface area (Å²) in [5.74, 6) is 1.28. The number of carbonyl (C=O) groups is 2. The van der Waals surface area contributed by atoms with Gasteiger partial charge in [-0.1, -0.05) is 19.0 Å². The van der Waals surface area contributed by atoms with E-state index in [9.17, 15) is 9.59 Å². The summed E-state index contributed by atoms with van der Waals surface area (Å²) in [6.07, 6.45) is 7.38. The molecule has 0 saturated carbocycles. The van der Waals surface area contributed by atoms with E-state index in [0.29, 0.717) is 37.6 Å². The molecule has 3 rings (SSSR count). The van der Waals surface area contributed by atoms with Crippen LogP contribution in [0.15, 0.2) is 29.0 Å². The summed E-state index contributed by atoms with van der Waals surface area (Å²) in [6, 6.07) is 3.73. The molecule has 0 spiro atoms. The van der Waals surface area contributed by atoms with Gasteiger partial charge in [0, 0.05) is 55.8 Å². The Kier molecular flexibility index (Phi) is 7.32. The molecule has 2 amide bonds. The summed E-state index contributed by atoms with van der Waals surface area (Å²) in [7, 11) is 0. The number of rotatable bonds is 8. The molecule has 1 aliphatic heterocycles. The molecule has 0 atom stereocenters. The zero-order chi connectivity index (χ0) is 20.6. The van der Waals surface area contributed by atoms with Crippen molar-refractivity contribution in [3.05, 3.63) is 30.4 Å². The molecule has 0 aromatic carbocycles. The van der Waals surface area contributed by atoms with E-state index < -0.39 is 0 Å². The van der Waals surface area contributed by atoms with Crippen LogP contribution in [0.1, 0.15) is 51.8 Å². The number of aryl methyl sites for hydroxylation is 1. The SMILES string of the molecule is CCC(CC)C(=O)N1CCC(NC(=O)CCc2nc(-c3ccncc3)no2)CC1. The Morgan fingerprint density at radius 2 is 1.90 bits per heavy atom. The van der Waals surface area contributed by atoms with Gasteiger partial charge in [0.2, 0.25) is 23.5 Å². The predicted molar refractivity (Wildman–Crippen MR) is 108 cm³/mol. The van der Waals surface area contributed by atoms with Gasteiger partial charge in [-0.05, 0) is 37.8 Å². The van der Waals surface area contributed by atoms with E-state index in [4.69, 9.17) is 4.52 Å². The fourth-order valence-electron chi connectivity index (χ4n) is 3.64. The average molecular weight is 399 g/mol. The van der Waals surface area contributed by atoms with Crippen LogP contribution in [0, 0.1) is 5.92 Å². The predicted octanol–water partition coefficient (Wildman–Crippen LogP) is 2.61. The number of nitrogens with zero attached hydrogens (tertiary/aromatic N) is 4. The summed E-state index contributed by atoms with van der Waals surface area (Å²) < 4.78 is 5.24. The van der Waals surface area contributed by atoms with E-state index in [1.165, 1.54) is 0 Å². The normalized spacial score (nSPS) is 14.9. The molecule has 156 valence electrons. The number of piperidine rings is 1. The van der Waals surface area contributed by atoms with E-state index in [0.717, 1.165) is 31.2 Å². The molecule has 0 unspecified atom stereocenters. The molecule has 1 fully saturated rings. The minimum Gasteiger partial charge on any atom is -0.353 e. The molecule has 8 heteroatoms. The third kappa shape index (κ3) is 5.62. The van der Waals surface area contributed by atoms with Crippen molar-refractivity contribution >= 4 is 11.8 Å². The minimum atomic E-state index is -0.0292. The van der Waals surface area contributed by atoms with Crippen molar-refractivity contribution in [2.45, 2.75) is 58.4 Å². The molecule has 1 aliphatic rings. The van der Waals surface area contributed by atoms with E-state index in [1.54, 1.807) is 12.4 Å². The molecular formula is C21H29N5O3. The Morgan fingerprint density at radius 1 is 1.21 bits per heavy atom. The lowest BCUT2D eigenvalue weighted by molar-refractivity contribution is -0.137. The molecule has 2 aromatic rings. The Morgan fingerprint density at radius 3 is 2.55 bits per heavy atom. The summed E-state index contributed by atoms with van der Waals surface area (Å²) in [5, 5.41) is 7.02. The van der Waals surface area contributed by atoms with E-state index in [-0.39, 0.29) is 23.8 Å². The highest BCUT2D eigenvalue weighted by Gasteiger charge is 2.27. The Balaban J connectivity index is 1.41. The topological polar surface area (TPSA) is 101 Å². The van der Waals surface area contributed by atoms with Crippen LogP contribution in [-0.4, -0.2) is 51.0 Å². The molecule has 0 bridgehead atoms. The van der Waals surface area contributed by atoms with Gasteiger partial charge >= 0.3 is 0 Å². The lowest BCUT2D eigenvalue weighted by Crippen LogP contribution is -2.48. The highest BCUT2D eigenvalue weighted by Crippen LogP contribution is 2.18. The summed E-state index contributed by atoms with van der Waals surface area (Å²) in [5.41, 5.74) is 0.828. The van der Waals surface area contributed by atoms with Crippen molar-refractivity contribution in [1.29, 1.82) is 0 Å². The van der Waals surface area contributed by atoms with Gasteiger partial charge in [-0.3, -0.25) is 14.6 Å². The number of pyridine rings is 1. The highest BCUT2D eigenvalue weighted by molar-refractivity contribution is 5.79. The molecule has 0 radical (unpaired) electrons. The van der Waals surface area contributed by atoms with Gasteiger partial charge < -0.3 is 14.7 Å². The highest BCUT2D eigenvalue weighted by atomic mass is 16.5. The zero-order valence-corrected chi connectivity index (χ0v) is 17.1. The summed E-state index contributed by atoms with van der Waals surface area (Å²) in [4.78, 5) is 35.0.